The molecule has 2 aliphatic carbocycles. The highest BCUT2D eigenvalue weighted by Crippen LogP contribution is 2.38. The molecule has 2 N–H and O–H groups in total. The maximum Gasteiger partial charge on any atom is 0.227 e. The molecule has 8 heteroatoms. The first-order valence-electron chi connectivity index (χ1n) is 11.9. The Morgan fingerprint density at radius 3 is 2.44 bits per heavy atom. The monoisotopic (exact) mass is 453 g/mol. The van der Waals surface area contributed by atoms with Crippen LogP contribution >= 0.6 is 0 Å². The number of benzene rings is 1. The molecular weight excluding hydrogens is 422 g/mol. The Balaban J connectivity index is 1.24. The van der Waals surface area contributed by atoms with Crippen molar-refractivity contribution in [2.24, 2.45) is 0 Å². The first-order valence-corrected chi connectivity index (χ1v) is 13.3. The second-order valence-corrected chi connectivity index (χ2v) is 11.2. The number of hydrogen-bond acceptors (Lipinski definition) is 7. The Labute approximate surface area is 191 Å². The van der Waals surface area contributed by atoms with Crippen LogP contribution in [0.3, 0.4) is 0 Å². The van der Waals surface area contributed by atoms with Gasteiger partial charge in [-0.15, -0.1) is 0 Å². The minimum Gasteiger partial charge on any atom is -0.394 e. The van der Waals surface area contributed by atoms with E-state index in [0.29, 0.717) is 11.6 Å². The standard InChI is InChI=1S/C24H31N5O2S/c30-16-24(8-2-9-24)27-22-21-20(3-1-14-32(21)31)25-23(26-22)29-12-10-28(11-13-29)19-7-6-17-4-5-18(17)15-19/h6-7,15,30H,1-5,8-14,16H2,(H,25,26,27)/t32-/m1/s1. The fourth-order valence-electron chi connectivity index (χ4n) is 5.31. The number of fused-ring (bicyclic) bond motifs is 2. The highest BCUT2D eigenvalue weighted by Gasteiger charge is 2.38. The number of rotatable bonds is 5. The molecule has 32 heavy (non-hydrogen) atoms. The maximum absolute atomic E-state index is 12.8. The van der Waals surface area contributed by atoms with E-state index in [1.165, 1.54) is 29.7 Å². The van der Waals surface area contributed by atoms with Gasteiger partial charge < -0.3 is 20.2 Å². The van der Waals surface area contributed by atoms with Gasteiger partial charge in [-0.05, 0) is 68.2 Å². The van der Waals surface area contributed by atoms with Crippen LogP contribution in [0.5, 0.6) is 0 Å². The van der Waals surface area contributed by atoms with Gasteiger partial charge in [0.25, 0.3) is 0 Å². The van der Waals surface area contributed by atoms with E-state index < -0.39 is 10.8 Å². The quantitative estimate of drug-likeness (QED) is 0.719. The number of hydrogen-bond donors (Lipinski definition) is 2. The number of aryl methyl sites for hydroxylation is 3. The molecule has 1 saturated heterocycles. The molecule has 7 nitrogen and oxygen atoms in total. The molecule has 1 aromatic heterocycles. The summed E-state index contributed by atoms with van der Waals surface area (Å²) in [6.07, 6.45) is 7.10. The van der Waals surface area contributed by atoms with E-state index in [4.69, 9.17) is 9.97 Å². The maximum atomic E-state index is 12.8. The molecule has 0 unspecified atom stereocenters. The van der Waals surface area contributed by atoms with E-state index in [1.807, 2.05) is 0 Å². The number of aliphatic hydroxyl groups is 1. The van der Waals surface area contributed by atoms with Crippen LogP contribution in [0.2, 0.25) is 0 Å². The molecule has 3 heterocycles. The SMILES string of the molecule is O=[S@@]1CCCc2nc(N3CCN(c4ccc5c(c4)CC5)CC3)nc(NC3(CO)CCC3)c21. The summed E-state index contributed by atoms with van der Waals surface area (Å²) < 4.78 is 12.8. The fraction of sp³-hybridized carbons (Fsp3) is 0.583. The van der Waals surface area contributed by atoms with E-state index in [1.54, 1.807) is 0 Å². The molecule has 2 aromatic rings. The molecule has 0 radical (unpaired) electrons. The number of aromatic nitrogens is 2. The van der Waals surface area contributed by atoms with Gasteiger partial charge in [0.1, 0.15) is 10.7 Å². The molecule has 0 spiro atoms. The molecule has 4 aliphatic rings. The number of piperazine rings is 1. The fourth-order valence-corrected chi connectivity index (χ4v) is 6.65. The minimum absolute atomic E-state index is 0.0766. The third-order valence-corrected chi connectivity index (χ3v) is 9.22. The van der Waals surface area contributed by atoms with E-state index in [-0.39, 0.29) is 12.1 Å². The second kappa shape index (κ2) is 7.99. The molecule has 1 saturated carbocycles. The van der Waals surface area contributed by atoms with Crippen LogP contribution in [0.15, 0.2) is 23.1 Å². The van der Waals surface area contributed by atoms with Crippen LogP contribution < -0.4 is 15.1 Å². The number of nitrogens with one attached hydrogen (secondary N) is 1. The first-order chi connectivity index (χ1) is 15.6. The van der Waals surface area contributed by atoms with E-state index in [0.717, 1.165) is 74.8 Å². The van der Waals surface area contributed by atoms with Crippen LogP contribution in [0, 0.1) is 0 Å². The number of nitrogens with zero attached hydrogens (tertiary/aromatic N) is 4. The Morgan fingerprint density at radius 1 is 1.00 bits per heavy atom. The van der Waals surface area contributed by atoms with Gasteiger partial charge >= 0.3 is 0 Å². The van der Waals surface area contributed by atoms with Crippen molar-refractivity contribution in [1.82, 2.24) is 9.97 Å². The third kappa shape index (κ3) is 3.48. The van der Waals surface area contributed by atoms with E-state index in [9.17, 15) is 9.32 Å². The largest absolute Gasteiger partial charge is 0.394 e. The number of aliphatic hydroxyl groups excluding tert-OH is 1. The lowest BCUT2D eigenvalue weighted by molar-refractivity contribution is 0.143. The van der Waals surface area contributed by atoms with Crippen molar-refractivity contribution in [1.29, 1.82) is 0 Å². The van der Waals surface area contributed by atoms with Crippen LogP contribution in [0.1, 0.15) is 42.5 Å². The van der Waals surface area contributed by atoms with Gasteiger partial charge in [-0.25, -0.2) is 4.98 Å². The zero-order chi connectivity index (χ0) is 21.7. The zero-order valence-corrected chi connectivity index (χ0v) is 19.3. The summed E-state index contributed by atoms with van der Waals surface area (Å²) in [6, 6.07) is 6.89. The van der Waals surface area contributed by atoms with Gasteiger partial charge in [-0.2, -0.15) is 4.98 Å². The lowest BCUT2D eigenvalue weighted by Crippen LogP contribution is -2.49. The summed E-state index contributed by atoms with van der Waals surface area (Å²) in [7, 11) is -1.08. The predicted octanol–water partition coefficient (Wildman–Crippen LogP) is 2.28. The molecule has 2 fully saturated rings. The molecule has 2 aliphatic heterocycles. The van der Waals surface area contributed by atoms with Crippen molar-refractivity contribution < 1.29 is 9.32 Å². The van der Waals surface area contributed by atoms with Gasteiger partial charge in [0.05, 0.1) is 28.6 Å². The first kappa shape index (κ1) is 20.4. The topological polar surface area (TPSA) is 81.6 Å². The zero-order valence-electron chi connectivity index (χ0n) is 18.5. The van der Waals surface area contributed by atoms with Crippen molar-refractivity contribution in [2.45, 2.75) is 55.4 Å². The third-order valence-electron chi connectivity index (χ3n) is 7.67. The van der Waals surface area contributed by atoms with Crippen LogP contribution in [-0.2, 0) is 30.1 Å². The summed E-state index contributed by atoms with van der Waals surface area (Å²) in [4.78, 5) is 15.2. The van der Waals surface area contributed by atoms with Crippen LogP contribution in [-0.4, -0.2) is 63.4 Å². The summed E-state index contributed by atoms with van der Waals surface area (Å²) in [5.74, 6) is 2.08. The highest BCUT2D eigenvalue weighted by atomic mass is 32.2. The second-order valence-electron chi connectivity index (χ2n) is 9.65. The average molecular weight is 454 g/mol. The van der Waals surface area contributed by atoms with Gasteiger partial charge in [0.15, 0.2) is 0 Å². The molecular formula is C24H31N5O2S. The molecule has 1 atom stereocenters. The summed E-state index contributed by atoms with van der Waals surface area (Å²) in [6.45, 7) is 3.68. The van der Waals surface area contributed by atoms with Crippen molar-refractivity contribution in [3.05, 3.63) is 35.0 Å². The smallest absolute Gasteiger partial charge is 0.227 e. The Hall–Kier alpha value is -2.19. The predicted molar refractivity (Wildman–Crippen MR) is 127 cm³/mol. The summed E-state index contributed by atoms with van der Waals surface area (Å²) in [5.41, 5.74) is 4.91. The summed E-state index contributed by atoms with van der Waals surface area (Å²) >= 11 is 0. The molecule has 0 bridgehead atoms. The van der Waals surface area contributed by atoms with E-state index in [2.05, 4.69) is 33.3 Å². The Kier molecular flexibility index (Phi) is 5.10. The normalized spacial score (nSPS) is 23.6. The van der Waals surface area contributed by atoms with Crippen molar-refractivity contribution in [3.63, 3.8) is 0 Å². The molecule has 1 aromatic carbocycles. The van der Waals surface area contributed by atoms with Gasteiger partial charge in [-0.1, -0.05) is 6.07 Å². The minimum atomic E-state index is -1.08. The highest BCUT2D eigenvalue weighted by molar-refractivity contribution is 7.85. The van der Waals surface area contributed by atoms with Gasteiger partial charge in [-0.3, -0.25) is 4.21 Å². The molecule has 170 valence electrons. The Morgan fingerprint density at radius 2 is 1.78 bits per heavy atom. The lowest BCUT2D eigenvalue weighted by Gasteiger charge is -2.42. The molecule has 0 amide bonds. The lowest BCUT2D eigenvalue weighted by atomic mass is 9.77. The average Bonchev–Trinajstić information content (AvgIpc) is 2.77. The Bertz CT molecular complexity index is 1060. The van der Waals surface area contributed by atoms with Crippen molar-refractivity contribution in [3.8, 4) is 0 Å². The van der Waals surface area contributed by atoms with Crippen LogP contribution in [0.25, 0.3) is 0 Å². The van der Waals surface area contributed by atoms with Crippen LogP contribution in [0.4, 0.5) is 17.5 Å². The number of anilines is 3. The molecule has 6 rings (SSSR count). The van der Waals surface area contributed by atoms with Gasteiger partial charge in [0, 0.05) is 37.6 Å². The summed E-state index contributed by atoms with van der Waals surface area (Å²) in [5, 5.41) is 13.5. The van der Waals surface area contributed by atoms with Gasteiger partial charge in [0.2, 0.25) is 5.95 Å². The van der Waals surface area contributed by atoms with E-state index >= 15 is 0 Å². The van der Waals surface area contributed by atoms with Crippen molar-refractivity contribution in [2.75, 3.05) is 53.7 Å². The van der Waals surface area contributed by atoms with Crippen molar-refractivity contribution >= 4 is 28.3 Å².